The van der Waals surface area contributed by atoms with Crippen LogP contribution in [-0.4, -0.2) is 52.2 Å². The van der Waals surface area contributed by atoms with Gasteiger partial charge < -0.3 is 9.64 Å². The van der Waals surface area contributed by atoms with Crippen molar-refractivity contribution in [2.75, 3.05) is 27.0 Å². The van der Waals surface area contributed by atoms with Gasteiger partial charge in [0.25, 0.3) is 5.91 Å². The number of esters is 1. The van der Waals surface area contributed by atoms with Crippen LogP contribution in [0, 0.1) is 0 Å². The largest absolute Gasteiger partial charge is 0.469 e. The van der Waals surface area contributed by atoms with Gasteiger partial charge in [-0.1, -0.05) is 6.07 Å². The number of benzene rings is 1. The van der Waals surface area contributed by atoms with Crippen molar-refractivity contribution in [2.24, 2.45) is 0 Å². The fourth-order valence-corrected chi connectivity index (χ4v) is 2.21. The van der Waals surface area contributed by atoms with Crippen LogP contribution in [0.1, 0.15) is 16.8 Å². The van der Waals surface area contributed by atoms with E-state index in [1.165, 1.54) is 36.3 Å². The summed E-state index contributed by atoms with van der Waals surface area (Å²) >= 11 is 0. The third kappa shape index (κ3) is 4.34. The molecule has 0 spiro atoms. The van der Waals surface area contributed by atoms with Gasteiger partial charge in [0.05, 0.1) is 18.4 Å². The van der Waals surface area contributed by atoms with Gasteiger partial charge in [0, 0.05) is 25.4 Å². The Morgan fingerprint density at radius 3 is 2.50 bits per heavy atom. The maximum Gasteiger partial charge on any atom is 0.307 e. The number of ether oxygens (including phenoxy) is 1. The Hall–Kier alpha value is -1.89. The van der Waals surface area contributed by atoms with E-state index >= 15 is 0 Å². The lowest BCUT2D eigenvalue weighted by Crippen LogP contribution is -2.29. The Balaban J connectivity index is 2.84. The molecule has 1 aromatic rings. The zero-order valence-corrected chi connectivity index (χ0v) is 12.4. The maximum atomic E-state index is 12.1. The SMILES string of the molecule is COC(=O)CCN(C)C(=O)c1cccc(S(C)(=O)=O)c1. The van der Waals surface area contributed by atoms with Gasteiger partial charge in [-0.3, -0.25) is 9.59 Å². The second kappa shape index (κ2) is 6.51. The van der Waals surface area contributed by atoms with E-state index in [0.29, 0.717) is 0 Å². The molecule has 0 saturated carbocycles. The molecule has 0 aromatic heterocycles. The zero-order valence-electron chi connectivity index (χ0n) is 11.6. The van der Waals surface area contributed by atoms with Crippen molar-refractivity contribution in [3.05, 3.63) is 29.8 Å². The molecule has 0 heterocycles. The zero-order chi connectivity index (χ0) is 15.3. The highest BCUT2D eigenvalue weighted by Gasteiger charge is 2.15. The van der Waals surface area contributed by atoms with Crippen LogP contribution in [-0.2, 0) is 19.4 Å². The predicted octanol–water partition coefficient (Wildman–Crippen LogP) is 0.725. The van der Waals surface area contributed by atoms with Crippen LogP contribution in [0.5, 0.6) is 0 Å². The Kier molecular flexibility index (Phi) is 5.26. The molecule has 0 saturated heterocycles. The molecule has 0 unspecified atom stereocenters. The van der Waals surface area contributed by atoms with Crippen molar-refractivity contribution in [3.63, 3.8) is 0 Å². The molecule has 7 heteroatoms. The molecule has 0 radical (unpaired) electrons. The second-order valence-electron chi connectivity index (χ2n) is 4.35. The average Bonchev–Trinajstić information content (AvgIpc) is 2.42. The van der Waals surface area contributed by atoms with E-state index in [1.807, 2.05) is 0 Å². The molecule has 110 valence electrons. The number of amides is 1. The quantitative estimate of drug-likeness (QED) is 0.749. The monoisotopic (exact) mass is 299 g/mol. The van der Waals surface area contributed by atoms with Crippen molar-refractivity contribution in [3.8, 4) is 0 Å². The van der Waals surface area contributed by atoms with E-state index in [4.69, 9.17) is 0 Å². The lowest BCUT2D eigenvalue weighted by atomic mass is 10.2. The summed E-state index contributed by atoms with van der Waals surface area (Å²) in [7, 11) is -0.541. The van der Waals surface area contributed by atoms with Crippen LogP contribution < -0.4 is 0 Å². The Morgan fingerprint density at radius 1 is 1.30 bits per heavy atom. The third-order valence-corrected chi connectivity index (χ3v) is 3.85. The first kappa shape index (κ1) is 16.2. The molecule has 6 nitrogen and oxygen atoms in total. The molecular formula is C13H17NO5S. The standard InChI is InChI=1S/C13H17NO5S/c1-14(8-7-12(15)19-2)13(16)10-5-4-6-11(9-10)20(3,17)18/h4-6,9H,7-8H2,1-3H3. The molecule has 0 atom stereocenters. The van der Waals surface area contributed by atoms with E-state index in [0.717, 1.165) is 6.26 Å². The predicted molar refractivity (Wildman–Crippen MR) is 73.1 cm³/mol. The van der Waals surface area contributed by atoms with Crippen molar-refractivity contribution < 1.29 is 22.7 Å². The fourth-order valence-electron chi connectivity index (χ4n) is 1.54. The number of hydrogen-bond acceptors (Lipinski definition) is 5. The number of hydrogen-bond donors (Lipinski definition) is 0. The third-order valence-electron chi connectivity index (χ3n) is 2.73. The van der Waals surface area contributed by atoms with Gasteiger partial charge in [0.1, 0.15) is 0 Å². The van der Waals surface area contributed by atoms with Gasteiger partial charge in [-0.2, -0.15) is 0 Å². The minimum absolute atomic E-state index is 0.0877. The van der Waals surface area contributed by atoms with Gasteiger partial charge in [0.2, 0.25) is 0 Å². The normalized spacial score (nSPS) is 10.9. The van der Waals surface area contributed by atoms with Gasteiger partial charge in [0.15, 0.2) is 9.84 Å². The number of methoxy groups -OCH3 is 1. The summed E-state index contributed by atoms with van der Waals surface area (Å²) in [5, 5.41) is 0. The minimum Gasteiger partial charge on any atom is -0.469 e. The van der Waals surface area contributed by atoms with Crippen LogP contribution >= 0.6 is 0 Å². The molecule has 0 aliphatic rings. The Bertz CT molecular complexity index is 609. The first-order valence-electron chi connectivity index (χ1n) is 5.88. The van der Waals surface area contributed by atoms with Gasteiger partial charge in [-0.05, 0) is 18.2 Å². The molecule has 0 fully saturated rings. The molecule has 0 aliphatic carbocycles. The molecule has 0 N–H and O–H groups in total. The minimum atomic E-state index is -3.36. The summed E-state index contributed by atoms with van der Waals surface area (Å²) in [5.74, 6) is -0.756. The van der Waals surface area contributed by atoms with Crippen LogP contribution in [0.3, 0.4) is 0 Å². The average molecular weight is 299 g/mol. The molecule has 1 rings (SSSR count). The van der Waals surface area contributed by atoms with E-state index in [9.17, 15) is 18.0 Å². The smallest absolute Gasteiger partial charge is 0.307 e. The first-order chi connectivity index (χ1) is 9.25. The molecule has 0 bridgehead atoms. The molecular weight excluding hydrogens is 282 g/mol. The summed E-state index contributed by atoms with van der Waals surface area (Å²) in [4.78, 5) is 24.6. The number of carbonyl (C=O) groups is 2. The number of carbonyl (C=O) groups excluding carboxylic acids is 2. The summed E-state index contributed by atoms with van der Waals surface area (Å²) in [5.41, 5.74) is 0.264. The van der Waals surface area contributed by atoms with E-state index in [2.05, 4.69) is 4.74 Å². The first-order valence-corrected chi connectivity index (χ1v) is 7.77. The number of sulfone groups is 1. The van der Waals surface area contributed by atoms with Crippen molar-refractivity contribution in [2.45, 2.75) is 11.3 Å². The van der Waals surface area contributed by atoms with Gasteiger partial charge >= 0.3 is 5.97 Å². The fraction of sp³-hybridized carbons (Fsp3) is 0.385. The van der Waals surface area contributed by atoms with Crippen LogP contribution in [0.4, 0.5) is 0 Å². The summed E-state index contributed by atoms with van der Waals surface area (Å²) in [6.07, 6.45) is 1.17. The Morgan fingerprint density at radius 2 is 1.95 bits per heavy atom. The second-order valence-corrected chi connectivity index (χ2v) is 6.37. The van der Waals surface area contributed by atoms with Crippen molar-refractivity contribution in [1.82, 2.24) is 4.90 Å². The van der Waals surface area contributed by atoms with E-state index < -0.39 is 15.8 Å². The van der Waals surface area contributed by atoms with Crippen LogP contribution in [0.2, 0.25) is 0 Å². The van der Waals surface area contributed by atoms with E-state index in [-0.39, 0.29) is 29.3 Å². The lowest BCUT2D eigenvalue weighted by molar-refractivity contribution is -0.140. The summed E-state index contributed by atoms with van der Waals surface area (Å²) in [6.45, 7) is 0.203. The molecule has 0 aliphatic heterocycles. The van der Waals surface area contributed by atoms with E-state index in [1.54, 1.807) is 7.05 Å². The van der Waals surface area contributed by atoms with Crippen LogP contribution in [0.15, 0.2) is 29.2 Å². The molecule has 1 aromatic carbocycles. The number of nitrogens with zero attached hydrogens (tertiary/aromatic N) is 1. The van der Waals surface area contributed by atoms with Gasteiger partial charge in [-0.25, -0.2) is 8.42 Å². The highest BCUT2D eigenvalue weighted by Crippen LogP contribution is 2.13. The Labute approximate surface area is 118 Å². The lowest BCUT2D eigenvalue weighted by Gasteiger charge is -2.16. The molecule has 20 heavy (non-hydrogen) atoms. The summed E-state index contributed by atoms with van der Waals surface area (Å²) < 4.78 is 27.4. The summed E-state index contributed by atoms with van der Waals surface area (Å²) in [6, 6.07) is 5.80. The van der Waals surface area contributed by atoms with Gasteiger partial charge in [-0.15, -0.1) is 0 Å². The van der Waals surface area contributed by atoms with Crippen molar-refractivity contribution in [1.29, 1.82) is 0 Å². The number of rotatable bonds is 5. The van der Waals surface area contributed by atoms with Crippen LogP contribution in [0.25, 0.3) is 0 Å². The highest BCUT2D eigenvalue weighted by molar-refractivity contribution is 7.90. The maximum absolute atomic E-state index is 12.1. The topological polar surface area (TPSA) is 80.8 Å². The highest BCUT2D eigenvalue weighted by atomic mass is 32.2. The van der Waals surface area contributed by atoms with Crippen molar-refractivity contribution >= 4 is 21.7 Å². The molecule has 1 amide bonds.